The van der Waals surface area contributed by atoms with Crippen molar-refractivity contribution < 1.29 is 14.3 Å². The van der Waals surface area contributed by atoms with Crippen molar-refractivity contribution in [3.05, 3.63) is 17.6 Å². The van der Waals surface area contributed by atoms with Crippen LogP contribution in [0.4, 0.5) is 5.82 Å². The fourth-order valence-electron chi connectivity index (χ4n) is 1.98. The van der Waals surface area contributed by atoms with Crippen molar-refractivity contribution in [1.82, 2.24) is 9.97 Å². The number of alkyl halides is 1. The SMILES string of the molecule is CCCCOCC(C)OC(=O)c1ncc(C2(Cl)CC2)c(N)n1. The third-order valence-corrected chi connectivity index (χ3v) is 4.06. The van der Waals surface area contributed by atoms with Crippen LogP contribution in [0.3, 0.4) is 0 Å². The molecule has 0 aromatic carbocycles. The first-order valence-electron chi connectivity index (χ1n) is 7.57. The second-order valence-electron chi connectivity index (χ2n) is 5.60. The lowest BCUT2D eigenvalue weighted by Crippen LogP contribution is -2.23. The molecule has 1 aromatic rings. The van der Waals surface area contributed by atoms with Crippen molar-refractivity contribution in [2.75, 3.05) is 18.9 Å². The minimum atomic E-state index is -0.607. The number of aromatic nitrogens is 2. The van der Waals surface area contributed by atoms with Crippen molar-refractivity contribution >= 4 is 23.4 Å². The van der Waals surface area contributed by atoms with Gasteiger partial charge in [-0.25, -0.2) is 14.8 Å². The molecule has 0 bridgehead atoms. The molecule has 6 nitrogen and oxygen atoms in total. The Morgan fingerprint density at radius 1 is 1.55 bits per heavy atom. The van der Waals surface area contributed by atoms with Crippen LogP contribution in [0.5, 0.6) is 0 Å². The number of rotatable bonds is 8. The highest BCUT2D eigenvalue weighted by Crippen LogP contribution is 2.53. The van der Waals surface area contributed by atoms with Gasteiger partial charge in [-0.15, -0.1) is 11.6 Å². The van der Waals surface area contributed by atoms with Gasteiger partial charge in [0.05, 0.1) is 11.5 Å². The Labute approximate surface area is 135 Å². The van der Waals surface area contributed by atoms with Crippen molar-refractivity contribution in [2.24, 2.45) is 0 Å². The minimum Gasteiger partial charge on any atom is -0.454 e. The van der Waals surface area contributed by atoms with E-state index >= 15 is 0 Å². The van der Waals surface area contributed by atoms with Gasteiger partial charge in [-0.2, -0.15) is 0 Å². The van der Waals surface area contributed by atoms with E-state index in [0.717, 1.165) is 25.7 Å². The van der Waals surface area contributed by atoms with Crippen LogP contribution in [0.15, 0.2) is 6.20 Å². The molecule has 1 fully saturated rings. The quantitative estimate of drug-likeness (QED) is 0.448. The number of carbonyl (C=O) groups excluding carboxylic acids is 1. The van der Waals surface area contributed by atoms with E-state index in [9.17, 15) is 4.79 Å². The summed E-state index contributed by atoms with van der Waals surface area (Å²) in [6.45, 7) is 4.86. The molecule has 1 aliphatic rings. The molecule has 0 radical (unpaired) electrons. The highest BCUT2D eigenvalue weighted by Gasteiger charge is 2.44. The summed E-state index contributed by atoms with van der Waals surface area (Å²) in [7, 11) is 0. The third kappa shape index (κ3) is 4.30. The van der Waals surface area contributed by atoms with Gasteiger partial charge in [0, 0.05) is 18.4 Å². The highest BCUT2D eigenvalue weighted by molar-refractivity contribution is 6.26. The van der Waals surface area contributed by atoms with Crippen molar-refractivity contribution in [3.63, 3.8) is 0 Å². The molecule has 0 spiro atoms. The van der Waals surface area contributed by atoms with Crippen LogP contribution in [0.25, 0.3) is 0 Å². The Morgan fingerprint density at radius 3 is 2.86 bits per heavy atom. The van der Waals surface area contributed by atoms with Crippen LogP contribution in [-0.4, -0.2) is 35.3 Å². The number of hydrogen-bond acceptors (Lipinski definition) is 6. The van der Waals surface area contributed by atoms with Gasteiger partial charge in [-0.05, 0) is 26.2 Å². The molecule has 122 valence electrons. The molecular weight excluding hydrogens is 306 g/mol. The fraction of sp³-hybridized carbons (Fsp3) is 0.667. The smallest absolute Gasteiger partial charge is 0.376 e. The van der Waals surface area contributed by atoms with Crippen LogP contribution in [-0.2, 0) is 14.3 Å². The van der Waals surface area contributed by atoms with Crippen LogP contribution < -0.4 is 5.73 Å². The molecule has 0 amide bonds. The van der Waals surface area contributed by atoms with E-state index in [1.807, 2.05) is 0 Å². The van der Waals surface area contributed by atoms with E-state index in [2.05, 4.69) is 16.9 Å². The number of hydrogen-bond donors (Lipinski definition) is 1. The number of nitrogen functional groups attached to an aromatic ring is 1. The first kappa shape index (κ1) is 17.0. The molecule has 1 unspecified atom stereocenters. The molecule has 2 rings (SSSR count). The molecular formula is C15H22ClN3O3. The summed E-state index contributed by atoms with van der Waals surface area (Å²) in [5, 5.41) is 0. The number of nitrogens with two attached hydrogens (primary N) is 1. The predicted octanol–water partition coefficient (Wildman–Crippen LogP) is 2.65. The maximum Gasteiger partial charge on any atom is 0.376 e. The maximum atomic E-state index is 12.0. The largest absolute Gasteiger partial charge is 0.454 e. The van der Waals surface area contributed by atoms with E-state index < -0.39 is 10.8 Å². The monoisotopic (exact) mass is 327 g/mol. The van der Waals surface area contributed by atoms with E-state index in [1.54, 1.807) is 6.92 Å². The summed E-state index contributed by atoms with van der Waals surface area (Å²) in [4.78, 5) is 19.6. The second kappa shape index (κ2) is 7.24. The Hall–Kier alpha value is -1.40. The number of nitrogens with zero attached hydrogens (tertiary/aromatic N) is 2. The van der Waals surface area contributed by atoms with Crippen LogP contribution in [0.1, 0.15) is 55.7 Å². The summed E-state index contributed by atoms with van der Waals surface area (Å²) in [5.74, 6) is -0.423. The van der Waals surface area contributed by atoms with E-state index in [0.29, 0.717) is 18.8 Å². The molecule has 22 heavy (non-hydrogen) atoms. The summed E-state index contributed by atoms with van der Waals surface area (Å²) in [6.07, 6.45) is 4.89. The van der Waals surface area contributed by atoms with Gasteiger partial charge in [0.1, 0.15) is 11.9 Å². The first-order chi connectivity index (χ1) is 10.5. The fourth-order valence-corrected chi connectivity index (χ4v) is 2.22. The zero-order chi connectivity index (χ0) is 16.2. The van der Waals surface area contributed by atoms with Gasteiger partial charge < -0.3 is 15.2 Å². The molecule has 0 aliphatic heterocycles. The average Bonchev–Trinajstić information content (AvgIpc) is 3.22. The Kier molecular flexibility index (Phi) is 5.58. The number of ether oxygens (including phenoxy) is 2. The molecule has 1 aromatic heterocycles. The van der Waals surface area contributed by atoms with Gasteiger partial charge in [0.25, 0.3) is 0 Å². The molecule has 7 heteroatoms. The lowest BCUT2D eigenvalue weighted by atomic mass is 10.2. The number of carbonyl (C=O) groups is 1. The Bertz CT molecular complexity index is 535. The van der Waals surface area contributed by atoms with Crippen LogP contribution >= 0.6 is 11.6 Å². The number of halogens is 1. The van der Waals surface area contributed by atoms with Gasteiger partial charge in [0.15, 0.2) is 0 Å². The molecule has 1 aliphatic carbocycles. The number of anilines is 1. The summed E-state index contributed by atoms with van der Waals surface area (Å²) < 4.78 is 10.6. The standard InChI is InChI=1S/C15H22ClN3O3/c1-3-4-7-21-9-10(2)22-14(20)13-18-8-11(12(17)19-13)15(16)5-6-15/h8,10H,3-7,9H2,1-2H3,(H2,17,18,19). The van der Waals surface area contributed by atoms with Crippen molar-refractivity contribution in [3.8, 4) is 0 Å². The minimum absolute atomic E-state index is 0.0532. The summed E-state index contributed by atoms with van der Waals surface area (Å²) in [6, 6.07) is 0. The topological polar surface area (TPSA) is 87.3 Å². The van der Waals surface area contributed by atoms with E-state index in [-0.39, 0.29) is 17.7 Å². The van der Waals surface area contributed by atoms with Gasteiger partial charge >= 0.3 is 5.97 Å². The average molecular weight is 328 g/mol. The summed E-state index contributed by atoms with van der Waals surface area (Å²) >= 11 is 6.28. The van der Waals surface area contributed by atoms with Gasteiger partial charge in [-0.3, -0.25) is 0 Å². The lowest BCUT2D eigenvalue weighted by Gasteiger charge is -2.14. The zero-order valence-electron chi connectivity index (χ0n) is 13.0. The second-order valence-corrected chi connectivity index (χ2v) is 6.33. The molecule has 0 saturated heterocycles. The molecule has 1 atom stereocenters. The van der Waals surface area contributed by atoms with Crippen molar-refractivity contribution in [2.45, 2.75) is 50.5 Å². The highest BCUT2D eigenvalue weighted by atomic mass is 35.5. The van der Waals surface area contributed by atoms with Crippen LogP contribution in [0, 0.1) is 0 Å². The van der Waals surface area contributed by atoms with Gasteiger partial charge in [-0.1, -0.05) is 13.3 Å². The first-order valence-corrected chi connectivity index (χ1v) is 7.94. The molecule has 1 saturated carbocycles. The van der Waals surface area contributed by atoms with E-state index in [4.69, 9.17) is 26.8 Å². The predicted molar refractivity (Wildman–Crippen MR) is 83.8 cm³/mol. The Morgan fingerprint density at radius 2 is 2.27 bits per heavy atom. The maximum absolute atomic E-state index is 12.0. The molecule has 1 heterocycles. The van der Waals surface area contributed by atoms with Crippen LogP contribution in [0.2, 0.25) is 0 Å². The Balaban J connectivity index is 1.88. The van der Waals surface area contributed by atoms with Gasteiger partial charge in [0.2, 0.25) is 5.82 Å². The molecule has 2 N–H and O–H groups in total. The van der Waals surface area contributed by atoms with Crippen molar-refractivity contribution in [1.29, 1.82) is 0 Å². The zero-order valence-corrected chi connectivity index (χ0v) is 13.7. The third-order valence-electron chi connectivity index (χ3n) is 3.48. The normalized spacial score (nSPS) is 17.0. The lowest BCUT2D eigenvalue weighted by molar-refractivity contribution is 0.000658. The number of esters is 1. The number of unbranched alkanes of at least 4 members (excludes halogenated alkanes) is 1. The summed E-state index contributed by atoms with van der Waals surface area (Å²) in [5.41, 5.74) is 6.54. The van der Waals surface area contributed by atoms with E-state index in [1.165, 1.54) is 6.20 Å².